The molecule has 7 nitrogen and oxygen atoms in total. The number of aromatic hydroxyl groups is 2. The van der Waals surface area contributed by atoms with E-state index < -0.39 is 20.9 Å². The second-order valence-electron chi connectivity index (χ2n) is 15.0. The first-order valence-electron chi connectivity index (χ1n) is 17.2. The summed E-state index contributed by atoms with van der Waals surface area (Å²) >= 11 is 0. The number of carbonyl (C=O) groups is 1. The smallest absolute Gasteiger partial charge is 0.310 e. The summed E-state index contributed by atoms with van der Waals surface area (Å²) < 4.78 is 40.9. The van der Waals surface area contributed by atoms with Crippen molar-refractivity contribution >= 4 is 15.9 Å². The minimum Gasteiger partial charge on any atom is -0.507 e. The lowest BCUT2D eigenvalue weighted by Gasteiger charge is -2.35. The van der Waals surface area contributed by atoms with Crippen LogP contribution in [0.15, 0.2) is 72.8 Å². The van der Waals surface area contributed by atoms with Crippen molar-refractivity contribution in [3.05, 3.63) is 117 Å². The summed E-state index contributed by atoms with van der Waals surface area (Å²) in [7, 11) is -4.24. The van der Waals surface area contributed by atoms with E-state index in [-0.39, 0.29) is 47.2 Å². The van der Waals surface area contributed by atoms with Crippen molar-refractivity contribution < 1.29 is 32.3 Å². The third kappa shape index (κ3) is 5.88. The summed E-state index contributed by atoms with van der Waals surface area (Å²) in [6.45, 7) is 7.97. The first-order valence-corrected chi connectivity index (χ1v) is 18.8. The van der Waals surface area contributed by atoms with E-state index in [1.165, 1.54) is 0 Å². The molecular formula is C41H44O7S. The zero-order valence-electron chi connectivity index (χ0n) is 28.6. The van der Waals surface area contributed by atoms with Gasteiger partial charge >= 0.3 is 10.1 Å². The molecule has 0 heterocycles. The number of ether oxygens (including phenoxy) is 1. The number of Topliss-reactive ketones (excluding diaryl/α,β-unsaturated/α-hetero) is 1. The molecule has 4 aromatic carbocycles. The Morgan fingerprint density at radius 3 is 1.53 bits per heavy atom. The summed E-state index contributed by atoms with van der Waals surface area (Å²) in [6.07, 6.45) is 2.88. The van der Waals surface area contributed by atoms with Crippen molar-refractivity contribution in [1.82, 2.24) is 0 Å². The Morgan fingerprint density at radius 1 is 0.714 bits per heavy atom. The highest BCUT2D eigenvalue weighted by Gasteiger charge is 2.65. The molecule has 4 aromatic rings. The van der Waals surface area contributed by atoms with Gasteiger partial charge in [0.25, 0.3) is 0 Å². The maximum atomic E-state index is 14.2. The molecule has 0 radical (unpaired) electrons. The first kappa shape index (κ1) is 33.2. The lowest BCUT2D eigenvalue weighted by molar-refractivity contribution is -0.128. The highest BCUT2D eigenvalue weighted by Crippen LogP contribution is 2.64. The Kier molecular flexibility index (Phi) is 8.29. The second kappa shape index (κ2) is 12.2. The molecule has 0 saturated heterocycles. The third-order valence-electron chi connectivity index (χ3n) is 11.4. The molecule has 0 aliphatic heterocycles. The van der Waals surface area contributed by atoms with Crippen LogP contribution in [0.25, 0.3) is 0 Å². The third-order valence-corrected chi connectivity index (χ3v) is 12.7. The largest absolute Gasteiger partial charge is 0.507 e. The maximum Gasteiger partial charge on any atom is 0.310 e. The molecule has 2 fully saturated rings. The minimum atomic E-state index is -4.24. The second-order valence-corrected chi connectivity index (χ2v) is 16.6. The zero-order valence-corrected chi connectivity index (χ0v) is 29.4. The van der Waals surface area contributed by atoms with E-state index in [0.717, 1.165) is 23.1 Å². The van der Waals surface area contributed by atoms with Crippen molar-refractivity contribution in [2.45, 2.75) is 78.7 Å². The van der Waals surface area contributed by atoms with Crippen LogP contribution in [0.5, 0.6) is 23.0 Å². The lowest BCUT2D eigenvalue weighted by atomic mass is 9.70. The van der Waals surface area contributed by atoms with E-state index >= 15 is 0 Å². The van der Waals surface area contributed by atoms with Gasteiger partial charge in [-0.3, -0.25) is 4.79 Å². The van der Waals surface area contributed by atoms with E-state index in [2.05, 4.69) is 0 Å². The van der Waals surface area contributed by atoms with Crippen molar-refractivity contribution in [3.63, 3.8) is 0 Å². The number of hydrogen-bond donors (Lipinski definition) is 2. The van der Waals surface area contributed by atoms with Crippen molar-refractivity contribution in [2.75, 3.05) is 5.75 Å². The molecular weight excluding hydrogens is 637 g/mol. The molecule has 0 spiro atoms. The van der Waals surface area contributed by atoms with Gasteiger partial charge in [0.15, 0.2) is 0 Å². The standard InChI is InChI=1S/C41H44O7S/c1-25(2)47-38-30-13-7-14-31(38)22-33-16-8-15-32(39(33)48-49(45,46)24-41-18-17-34(23-35(41)42)40(41,3)4)21-29-12-6-10-27(37(29)44)19-26-9-5-11-28(20-30)36(26)43/h5-16,25,34,43-44H,17-24H2,1-4H3/t34?,41-/m0/s1. The van der Waals surface area contributed by atoms with Crippen molar-refractivity contribution in [3.8, 4) is 23.0 Å². The summed E-state index contributed by atoms with van der Waals surface area (Å²) in [5, 5.41) is 22.9. The number of para-hydroxylation sites is 4. The number of phenolic OH excluding ortho intramolecular Hbond substituents is 2. The van der Waals surface area contributed by atoms with Crippen LogP contribution in [-0.2, 0) is 40.6 Å². The fourth-order valence-electron chi connectivity index (χ4n) is 8.57. The van der Waals surface area contributed by atoms with Gasteiger partial charge in [0.2, 0.25) is 0 Å². The van der Waals surface area contributed by atoms with Crippen LogP contribution in [0.1, 0.15) is 91.5 Å². The quantitative estimate of drug-likeness (QED) is 0.177. The van der Waals surface area contributed by atoms with Crippen LogP contribution in [0.2, 0.25) is 0 Å². The number of benzene rings is 4. The SMILES string of the molecule is CC(C)Oc1c2cccc1Cc1cccc(c1OS(=O)(=O)C[C@@]13CCC(CC1=O)C3(C)C)Cc1cccc(c1O)Cc1cccc(c1O)C2. The van der Waals surface area contributed by atoms with E-state index in [9.17, 15) is 23.4 Å². The highest BCUT2D eigenvalue weighted by atomic mass is 32.2. The Hall–Kier alpha value is -4.30. The fraction of sp³-hybridized carbons (Fsp3) is 0.390. The van der Waals surface area contributed by atoms with Crippen molar-refractivity contribution in [2.24, 2.45) is 16.7 Å². The molecule has 3 aliphatic rings. The van der Waals surface area contributed by atoms with Gasteiger partial charge in [0.1, 0.15) is 28.8 Å². The Labute approximate surface area is 289 Å². The molecule has 3 aliphatic carbocycles. The van der Waals surface area contributed by atoms with Crippen LogP contribution in [0.3, 0.4) is 0 Å². The van der Waals surface area contributed by atoms with Gasteiger partial charge in [0, 0.05) is 43.2 Å². The average Bonchev–Trinajstić information content (AvgIpc) is 3.37. The number of rotatable bonds is 6. The van der Waals surface area contributed by atoms with Crippen LogP contribution in [0.4, 0.5) is 0 Å². The van der Waals surface area contributed by atoms with E-state index in [1.807, 2.05) is 100 Å². The average molecular weight is 681 g/mol. The van der Waals surface area contributed by atoms with E-state index in [1.54, 1.807) is 0 Å². The van der Waals surface area contributed by atoms with Crippen molar-refractivity contribution in [1.29, 1.82) is 0 Å². The molecule has 2 atom stereocenters. The van der Waals surface area contributed by atoms with Gasteiger partial charge in [-0.25, -0.2) is 0 Å². The lowest BCUT2D eigenvalue weighted by Crippen LogP contribution is -2.43. The summed E-state index contributed by atoms with van der Waals surface area (Å²) in [4.78, 5) is 13.3. The summed E-state index contributed by atoms with van der Waals surface area (Å²) in [6, 6.07) is 22.7. The van der Waals surface area contributed by atoms with Crippen LogP contribution in [-0.4, -0.2) is 36.3 Å². The van der Waals surface area contributed by atoms with Gasteiger partial charge in [0.05, 0.1) is 17.3 Å². The van der Waals surface area contributed by atoms with Gasteiger partial charge in [-0.05, 0) is 71.4 Å². The highest BCUT2D eigenvalue weighted by molar-refractivity contribution is 7.87. The predicted octanol–water partition coefficient (Wildman–Crippen LogP) is 7.67. The Morgan fingerprint density at radius 2 is 1.12 bits per heavy atom. The molecule has 0 aromatic heterocycles. The Balaban J connectivity index is 1.38. The molecule has 10 bridgehead atoms. The molecule has 2 N–H and O–H groups in total. The minimum absolute atomic E-state index is 0.0146. The monoisotopic (exact) mass is 680 g/mol. The fourth-order valence-corrected chi connectivity index (χ4v) is 10.4. The topological polar surface area (TPSA) is 110 Å². The number of fused-ring (bicyclic) bond motifs is 10. The molecule has 1 unspecified atom stereocenters. The van der Waals surface area contributed by atoms with E-state index in [0.29, 0.717) is 65.7 Å². The van der Waals surface area contributed by atoms with Gasteiger partial charge < -0.3 is 19.1 Å². The number of hydrogen-bond acceptors (Lipinski definition) is 7. The first-order chi connectivity index (χ1) is 23.3. The summed E-state index contributed by atoms with van der Waals surface area (Å²) in [5.74, 6) is 1.00. The summed E-state index contributed by atoms with van der Waals surface area (Å²) in [5.41, 5.74) is 4.26. The van der Waals surface area contributed by atoms with Crippen LogP contribution >= 0.6 is 0 Å². The molecule has 8 heteroatoms. The van der Waals surface area contributed by atoms with Gasteiger partial charge in [-0.1, -0.05) is 86.6 Å². The normalized spacial score (nSPS) is 21.2. The molecule has 256 valence electrons. The maximum absolute atomic E-state index is 14.2. The zero-order chi connectivity index (χ0) is 34.7. The predicted molar refractivity (Wildman–Crippen MR) is 189 cm³/mol. The van der Waals surface area contributed by atoms with Gasteiger partial charge in [-0.15, -0.1) is 0 Å². The van der Waals surface area contributed by atoms with E-state index in [4.69, 9.17) is 8.92 Å². The molecule has 0 amide bonds. The number of carbonyl (C=O) groups excluding carboxylic acids is 1. The molecule has 7 rings (SSSR count). The Bertz CT molecular complexity index is 2060. The number of phenols is 2. The van der Waals surface area contributed by atoms with Crippen LogP contribution < -0.4 is 8.92 Å². The molecule has 2 saturated carbocycles. The van der Waals surface area contributed by atoms with Gasteiger partial charge in [-0.2, -0.15) is 8.42 Å². The number of ketones is 1. The van der Waals surface area contributed by atoms with Crippen LogP contribution in [0, 0.1) is 16.7 Å². The molecule has 49 heavy (non-hydrogen) atoms.